The van der Waals surface area contributed by atoms with Crippen LogP contribution in [0.2, 0.25) is 0 Å². The molecule has 0 unspecified atom stereocenters. The van der Waals surface area contributed by atoms with E-state index in [1.807, 2.05) is 45.0 Å². The maximum atomic E-state index is 12.8. The lowest BCUT2D eigenvalue weighted by Gasteiger charge is -2.37. The third-order valence-electron chi connectivity index (χ3n) is 3.98. The van der Waals surface area contributed by atoms with Gasteiger partial charge in [-0.05, 0) is 26.3 Å². The average molecular weight is 290 g/mol. The van der Waals surface area contributed by atoms with Gasteiger partial charge in [0.15, 0.2) is 6.10 Å². The van der Waals surface area contributed by atoms with Crippen molar-refractivity contribution in [2.75, 3.05) is 19.7 Å². The predicted octanol–water partition coefficient (Wildman–Crippen LogP) is 0.985. The summed E-state index contributed by atoms with van der Waals surface area (Å²) in [6.45, 7) is 6.85. The van der Waals surface area contributed by atoms with Crippen molar-refractivity contribution in [3.05, 3.63) is 35.4 Å². The van der Waals surface area contributed by atoms with Crippen molar-refractivity contribution in [3.63, 3.8) is 0 Å². The Morgan fingerprint density at radius 1 is 1.29 bits per heavy atom. The van der Waals surface area contributed by atoms with E-state index in [1.165, 1.54) is 0 Å². The molecule has 0 saturated carbocycles. The van der Waals surface area contributed by atoms with E-state index in [9.17, 15) is 9.59 Å². The summed E-state index contributed by atoms with van der Waals surface area (Å²) in [5.74, 6) is -0.540. The van der Waals surface area contributed by atoms with E-state index >= 15 is 0 Å². The summed E-state index contributed by atoms with van der Waals surface area (Å²) in [6, 6.07) is 7.93. The number of hydrogen-bond donors (Lipinski definition) is 1. The molecular weight excluding hydrogens is 268 g/mol. The molecule has 1 fully saturated rings. The molecule has 114 valence electrons. The molecule has 1 saturated heterocycles. The number of primary amides is 1. The van der Waals surface area contributed by atoms with Gasteiger partial charge in [-0.1, -0.05) is 29.8 Å². The summed E-state index contributed by atoms with van der Waals surface area (Å²) in [5, 5.41) is 0. The zero-order valence-corrected chi connectivity index (χ0v) is 12.8. The third-order valence-corrected chi connectivity index (χ3v) is 3.98. The summed E-state index contributed by atoms with van der Waals surface area (Å²) in [7, 11) is 0. The van der Waals surface area contributed by atoms with Crippen LogP contribution in [-0.4, -0.2) is 42.5 Å². The van der Waals surface area contributed by atoms with Crippen LogP contribution in [0.3, 0.4) is 0 Å². The summed E-state index contributed by atoms with van der Waals surface area (Å²) in [4.78, 5) is 25.7. The number of morpholine rings is 1. The number of carbonyl (C=O) groups excluding carboxylic acids is 2. The predicted molar refractivity (Wildman–Crippen MR) is 79.7 cm³/mol. The van der Waals surface area contributed by atoms with Gasteiger partial charge in [0, 0.05) is 6.54 Å². The van der Waals surface area contributed by atoms with E-state index in [4.69, 9.17) is 10.5 Å². The Labute approximate surface area is 125 Å². The second-order valence-electron chi connectivity index (χ2n) is 6.00. The molecule has 1 heterocycles. The highest BCUT2D eigenvalue weighted by molar-refractivity contribution is 5.88. The van der Waals surface area contributed by atoms with Gasteiger partial charge in [-0.2, -0.15) is 0 Å². The lowest BCUT2D eigenvalue weighted by molar-refractivity contribution is -0.148. The molecule has 1 aromatic rings. The largest absolute Gasteiger partial charge is 0.367 e. The van der Waals surface area contributed by atoms with E-state index in [-0.39, 0.29) is 12.5 Å². The highest BCUT2D eigenvalue weighted by atomic mass is 16.5. The molecule has 0 bridgehead atoms. The second kappa shape index (κ2) is 5.85. The molecule has 0 radical (unpaired) electrons. The van der Waals surface area contributed by atoms with Gasteiger partial charge in [-0.25, -0.2) is 0 Å². The van der Waals surface area contributed by atoms with E-state index in [0.29, 0.717) is 13.2 Å². The van der Waals surface area contributed by atoms with Crippen molar-refractivity contribution in [1.29, 1.82) is 0 Å². The molecule has 5 heteroatoms. The minimum atomic E-state index is -0.712. The van der Waals surface area contributed by atoms with Crippen molar-refractivity contribution in [3.8, 4) is 0 Å². The number of benzene rings is 1. The molecule has 1 aliphatic rings. The van der Waals surface area contributed by atoms with Crippen LogP contribution in [0.15, 0.2) is 24.3 Å². The molecule has 2 N–H and O–H groups in total. The number of nitrogens with zero attached hydrogens (tertiary/aromatic N) is 1. The summed E-state index contributed by atoms with van der Waals surface area (Å²) < 4.78 is 5.29. The van der Waals surface area contributed by atoms with Crippen molar-refractivity contribution in [1.82, 2.24) is 4.90 Å². The monoisotopic (exact) mass is 290 g/mol. The molecule has 2 rings (SSSR count). The van der Waals surface area contributed by atoms with Gasteiger partial charge in [-0.3, -0.25) is 9.59 Å². The van der Waals surface area contributed by atoms with Crippen LogP contribution >= 0.6 is 0 Å². The van der Waals surface area contributed by atoms with Gasteiger partial charge in [0.05, 0.1) is 18.6 Å². The topological polar surface area (TPSA) is 72.6 Å². The van der Waals surface area contributed by atoms with Crippen LogP contribution < -0.4 is 5.73 Å². The Kier molecular flexibility index (Phi) is 4.32. The Balaban J connectivity index is 2.17. The number of carbonyl (C=O) groups is 2. The lowest BCUT2D eigenvalue weighted by Crippen LogP contribution is -2.54. The van der Waals surface area contributed by atoms with Gasteiger partial charge in [0.2, 0.25) is 11.8 Å². The van der Waals surface area contributed by atoms with Crippen molar-refractivity contribution >= 4 is 11.8 Å². The smallest absolute Gasteiger partial charge is 0.248 e. The first kappa shape index (κ1) is 15.5. The molecule has 0 aliphatic carbocycles. The third kappa shape index (κ3) is 3.24. The van der Waals surface area contributed by atoms with E-state index < -0.39 is 17.4 Å². The van der Waals surface area contributed by atoms with Crippen LogP contribution in [0.5, 0.6) is 0 Å². The van der Waals surface area contributed by atoms with Crippen molar-refractivity contribution in [2.24, 2.45) is 5.73 Å². The van der Waals surface area contributed by atoms with Crippen molar-refractivity contribution < 1.29 is 14.3 Å². The van der Waals surface area contributed by atoms with Gasteiger partial charge in [0.1, 0.15) is 0 Å². The van der Waals surface area contributed by atoms with Gasteiger partial charge in [0.25, 0.3) is 0 Å². The number of hydrogen-bond acceptors (Lipinski definition) is 3. The molecule has 1 aromatic carbocycles. The summed E-state index contributed by atoms with van der Waals surface area (Å²) in [6.07, 6.45) is -0.712. The number of ether oxygens (including phenoxy) is 1. The Morgan fingerprint density at radius 3 is 2.48 bits per heavy atom. The van der Waals surface area contributed by atoms with E-state index in [0.717, 1.165) is 11.1 Å². The van der Waals surface area contributed by atoms with Crippen LogP contribution in [0, 0.1) is 6.92 Å². The number of amides is 2. The lowest BCUT2D eigenvalue weighted by atomic mass is 9.82. The summed E-state index contributed by atoms with van der Waals surface area (Å²) in [5.41, 5.74) is 6.73. The highest BCUT2D eigenvalue weighted by Gasteiger charge is 2.37. The van der Waals surface area contributed by atoms with Gasteiger partial charge < -0.3 is 15.4 Å². The molecule has 0 spiro atoms. The zero-order valence-electron chi connectivity index (χ0n) is 12.8. The molecule has 21 heavy (non-hydrogen) atoms. The fourth-order valence-electron chi connectivity index (χ4n) is 2.49. The highest BCUT2D eigenvalue weighted by Crippen LogP contribution is 2.27. The van der Waals surface area contributed by atoms with Crippen LogP contribution in [0.1, 0.15) is 25.0 Å². The van der Waals surface area contributed by atoms with Crippen LogP contribution in [0.4, 0.5) is 0 Å². The maximum absolute atomic E-state index is 12.8. The Bertz CT molecular complexity index is 537. The molecular formula is C16H22N2O3. The maximum Gasteiger partial charge on any atom is 0.248 e. The normalized spacial score (nSPS) is 19.4. The molecule has 0 aromatic heterocycles. The molecule has 1 atom stereocenters. The SMILES string of the molecule is Cc1ccc(C(C)(C)C(=O)N2CCO[C@H](C(N)=O)C2)cc1. The first-order valence-electron chi connectivity index (χ1n) is 7.10. The number of aryl methyl sites for hydroxylation is 1. The molecule has 2 amide bonds. The first-order valence-corrected chi connectivity index (χ1v) is 7.10. The Hall–Kier alpha value is -1.88. The van der Waals surface area contributed by atoms with Gasteiger partial charge >= 0.3 is 0 Å². The minimum Gasteiger partial charge on any atom is -0.367 e. The van der Waals surface area contributed by atoms with Gasteiger partial charge in [-0.15, -0.1) is 0 Å². The van der Waals surface area contributed by atoms with Crippen molar-refractivity contribution in [2.45, 2.75) is 32.3 Å². The zero-order chi connectivity index (χ0) is 15.6. The number of rotatable bonds is 3. The Morgan fingerprint density at radius 2 is 1.90 bits per heavy atom. The summed E-state index contributed by atoms with van der Waals surface area (Å²) >= 11 is 0. The van der Waals surface area contributed by atoms with Crippen LogP contribution in [0.25, 0.3) is 0 Å². The average Bonchev–Trinajstić information content (AvgIpc) is 2.47. The quantitative estimate of drug-likeness (QED) is 0.902. The molecule has 5 nitrogen and oxygen atoms in total. The van der Waals surface area contributed by atoms with E-state index in [2.05, 4.69) is 0 Å². The number of nitrogens with two attached hydrogens (primary N) is 1. The second-order valence-corrected chi connectivity index (χ2v) is 6.00. The van der Waals surface area contributed by atoms with Crippen LogP contribution in [-0.2, 0) is 19.7 Å². The molecule has 1 aliphatic heterocycles. The van der Waals surface area contributed by atoms with E-state index in [1.54, 1.807) is 4.90 Å². The first-order chi connectivity index (χ1) is 9.82. The standard InChI is InChI=1S/C16H22N2O3/c1-11-4-6-12(7-5-11)16(2,3)15(20)18-8-9-21-13(10-18)14(17)19/h4-7,13H,8-10H2,1-3H3,(H2,17,19)/t13-/m0/s1. The minimum absolute atomic E-state index is 0.0131. The fraction of sp³-hybridized carbons (Fsp3) is 0.500. The fourth-order valence-corrected chi connectivity index (χ4v) is 2.49.